The molecule has 8 nitrogen and oxygen atoms in total. The fourth-order valence-electron chi connectivity index (χ4n) is 4.40. The van der Waals surface area contributed by atoms with Crippen LogP contribution in [0.1, 0.15) is 31.4 Å². The zero-order valence-electron chi connectivity index (χ0n) is 14.5. The van der Waals surface area contributed by atoms with Crippen LogP contribution in [0.4, 0.5) is 5.13 Å². The lowest BCUT2D eigenvalue weighted by atomic mass is 10.0. The van der Waals surface area contributed by atoms with Crippen molar-refractivity contribution in [2.45, 2.75) is 43.7 Å². The third-order valence-corrected chi connectivity index (χ3v) is 8.37. The van der Waals surface area contributed by atoms with Gasteiger partial charge in [0.2, 0.25) is 5.13 Å². The smallest absolute Gasteiger partial charge is 0.260 e. The average Bonchev–Trinajstić information content (AvgIpc) is 3.09. The highest BCUT2D eigenvalue weighted by molar-refractivity contribution is 7.93. The standard InChI is InChI=1S/C16H20N6O2S2/c1-26(24,20-14(23)16-4-2-3-11(16)7-16)13-8-18-22-6-5-21(9-12(13)22)15-19-17-10-25-15/h8,10-11H,2-7,9H2,1H3/t11-,16-,26?/m1/s1. The number of carbonyl (C=O) groups is 1. The number of anilines is 1. The van der Waals surface area contributed by atoms with Crippen molar-refractivity contribution < 1.29 is 9.00 Å². The molecule has 2 fully saturated rings. The maximum Gasteiger partial charge on any atom is 0.260 e. The lowest BCUT2D eigenvalue weighted by Gasteiger charge is -2.27. The van der Waals surface area contributed by atoms with Crippen LogP contribution < -0.4 is 4.90 Å². The number of amides is 1. The zero-order valence-corrected chi connectivity index (χ0v) is 16.1. The number of rotatable bonds is 3. The van der Waals surface area contributed by atoms with Gasteiger partial charge in [0, 0.05) is 12.8 Å². The molecule has 1 unspecified atom stereocenters. The lowest BCUT2D eigenvalue weighted by Crippen LogP contribution is -2.34. The molecule has 5 rings (SSSR count). The predicted molar refractivity (Wildman–Crippen MR) is 97.3 cm³/mol. The highest BCUT2D eigenvalue weighted by Gasteiger charge is 2.62. The molecule has 2 aliphatic carbocycles. The molecule has 2 aromatic rings. The Morgan fingerprint density at radius 3 is 3.04 bits per heavy atom. The van der Waals surface area contributed by atoms with Crippen LogP contribution in [0.2, 0.25) is 0 Å². The summed E-state index contributed by atoms with van der Waals surface area (Å²) in [4.78, 5) is 15.4. The fraction of sp³-hybridized carbons (Fsp3) is 0.625. The molecule has 26 heavy (non-hydrogen) atoms. The first-order chi connectivity index (χ1) is 12.5. The molecule has 0 bridgehead atoms. The van der Waals surface area contributed by atoms with Crippen molar-refractivity contribution in [1.29, 1.82) is 0 Å². The molecule has 0 N–H and O–H groups in total. The van der Waals surface area contributed by atoms with Gasteiger partial charge in [0.15, 0.2) is 0 Å². The highest BCUT2D eigenvalue weighted by atomic mass is 32.2. The van der Waals surface area contributed by atoms with Crippen molar-refractivity contribution in [1.82, 2.24) is 20.0 Å². The second-order valence-electron chi connectivity index (χ2n) is 7.47. The van der Waals surface area contributed by atoms with E-state index in [4.69, 9.17) is 0 Å². The van der Waals surface area contributed by atoms with Gasteiger partial charge < -0.3 is 4.90 Å². The maximum absolute atomic E-state index is 13.4. The van der Waals surface area contributed by atoms with Crippen LogP contribution in [0.15, 0.2) is 21.0 Å². The summed E-state index contributed by atoms with van der Waals surface area (Å²) >= 11 is 1.48. The Hall–Kier alpha value is -1.81. The Bertz CT molecular complexity index is 991. The Morgan fingerprint density at radius 1 is 1.46 bits per heavy atom. The van der Waals surface area contributed by atoms with E-state index >= 15 is 0 Å². The quantitative estimate of drug-likeness (QED) is 0.792. The maximum atomic E-state index is 13.4. The highest BCUT2D eigenvalue weighted by Crippen LogP contribution is 2.64. The summed E-state index contributed by atoms with van der Waals surface area (Å²) in [5.74, 6) is 0.298. The molecule has 0 spiro atoms. The van der Waals surface area contributed by atoms with Crippen molar-refractivity contribution in [2.75, 3.05) is 17.7 Å². The van der Waals surface area contributed by atoms with Crippen molar-refractivity contribution in [2.24, 2.45) is 15.7 Å². The van der Waals surface area contributed by atoms with Crippen LogP contribution in [-0.2, 0) is 27.6 Å². The summed E-state index contributed by atoms with van der Waals surface area (Å²) in [6.07, 6.45) is 7.18. The fourth-order valence-corrected chi connectivity index (χ4v) is 6.44. The molecule has 1 amide bonds. The van der Waals surface area contributed by atoms with E-state index in [9.17, 15) is 9.00 Å². The van der Waals surface area contributed by atoms with Gasteiger partial charge in [-0.2, -0.15) is 9.46 Å². The molecule has 0 saturated heterocycles. The zero-order chi connectivity index (χ0) is 17.9. The first-order valence-corrected chi connectivity index (χ1v) is 11.6. The lowest BCUT2D eigenvalue weighted by molar-refractivity contribution is -0.122. The Balaban J connectivity index is 1.47. The summed E-state index contributed by atoms with van der Waals surface area (Å²) in [6, 6.07) is 0. The van der Waals surface area contributed by atoms with Crippen molar-refractivity contribution >= 4 is 32.1 Å². The van der Waals surface area contributed by atoms with Crippen LogP contribution in [0, 0.1) is 11.3 Å². The number of nitrogens with zero attached hydrogens (tertiary/aromatic N) is 6. The van der Waals surface area contributed by atoms with Crippen molar-refractivity contribution in [3.8, 4) is 0 Å². The summed E-state index contributed by atoms with van der Waals surface area (Å²) in [6.45, 7) is 2.01. The molecule has 3 atom stereocenters. The third-order valence-electron chi connectivity index (χ3n) is 5.95. The van der Waals surface area contributed by atoms with Gasteiger partial charge in [-0.3, -0.25) is 9.48 Å². The molecule has 0 aromatic carbocycles. The second-order valence-corrected chi connectivity index (χ2v) is 10.5. The van der Waals surface area contributed by atoms with Gasteiger partial charge >= 0.3 is 0 Å². The second kappa shape index (κ2) is 5.59. The molecule has 3 aliphatic rings. The normalized spacial score (nSPS) is 29.0. The van der Waals surface area contributed by atoms with E-state index in [1.165, 1.54) is 11.3 Å². The Labute approximate surface area is 155 Å². The minimum Gasteiger partial charge on any atom is -0.339 e. The first-order valence-electron chi connectivity index (χ1n) is 8.82. The van der Waals surface area contributed by atoms with Gasteiger partial charge in [-0.1, -0.05) is 17.8 Å². The van der Waals surface area contributed by atoms with E-state index in [2.05, 4.69) is 24.6 Å². The summed E-state index contributed by atoms with van der Waals surface area (Å²) < 4.78 is 19.5. The minimum absolute atomic E-state index is 0.163. The van der Waals surface area contributed by atoms with Crippen LogP contribution in [0.3, 0.4) is 0 Å². The van der Waals surface area contributed by atoms with E-state index in [1.54, 1.807) is 18.0 Å². The third kappa shape index (κ3) is 2.42. The van der Waals surface area contributed by atoms with E-state index < -0.39 is 9.73 Å². The van der Waals surface area contributed by atoms with Gasteiger partial charge in [-0.25, -0.2) is 4.21 Å². The van der Waals surface area contributed by atoms with Gasteiger partial charge in [0.1, 0.15) is 5.51 Å². The number of hydrogen-bond acceptors (Lipinski definition) is 7. The summed E-state index contributed by atoms with van der Waals surface area (Å²) in [5, 5.41) is 13.2. The Morgan fingerprint density at radius 2 is 2.35 bits per heavy atom. The molecule has 10 heteroatoms. The van der Waals surface area contributed by atoms with Gasteiger partial charge in [0.05, 0.1) is 45.0 Å². The van der Waals surface area contributed by atoms with Gasteiger partial charge in [0.25, 0.3) is 5.91 Å². The molecular weight excluding hydrogens is 372 g/mol. The summed E-state index contributed by atoms with van der Waals surface area (Å²) in [5.41, 5.74) is 2.25. The molecule has 0 radical (unpaired) electrons. The molecule has 2 saturated carbocycles. The van der Waals surface area contributed by atoms with Crippen LogP contribution in [0.25, 0.3) is 0 Å². The largest absolute Gasteiger partial charge is 0.339 e. The van der Waals surface area contributed by atoms with Crippen LogP contribution in [0.5, 0.6) is 0 Å². The van der Waals surface area contributed by atoms with E-state index in [1.807, 2.05) is 4.68 Å². The first kappa shape index (κ1) is 16.4. The van der Waals surface area contributed by atoms with Crippen molar-refractivity contribution in [3.05, 3.63) is 17.4 Å². The molecule has 138 valence electrons. The van der Waals surface area contributed by atoms with Crippen molar-refractivity contribution in [3.63, 3.8) is 0 Å². The number of hydrogen-bond donors (Lipinski definition) is 0. The van der Waals surface area contributed by atoms with Crippen LogP contribution in [-0.4, -0.2) is 42.9 Å². The monoisotopic (exact) mass is 392 g/mol. The van der Waals surface area contributed by atoms with Crippen LogP contribution >= 0.6 is 11.3 Å². The SMILES string of the molecule is CS(=O)(=NC(=O)[C@@]12CCC[C@@H]1C2)c1cnn2c1CN(c1nncs1)CC2. The average molecular weight is 393 g/mol. The van der Waals surface area contributed by atoms with Gasteiger partial charge in [-0.05, 0) is 25.2 Å². The molecule has 1 aliphatic heterocycles. The predicted octanol–water partition coefficient (Wildman–Crippen LogP) is 1.93. The molecule has 2 aromatic heterocycles. The van der Waals surface area contributed by atoms with E-state index in [0.29, 0.717) is 23.9 Å². The number of carbonyl (C=O) groups excluding carboxylic acids is 1. The topological polar surface area (TPSA) is 93.3 Å². The minimum atomic E-state index is -2.82. The number of fused-ring (bicyclic) bond motifs is 2. The molecule has 3 heterocycles. The number of aromatic nitrogens is 4. The van der Waals surface area contributed by atoms with Gasteiger partial charge in [-0.15, -0.1) is 10.2 Å². The van der Waals surface area contributed by atoms with E-state index in [0.717, 1.165) is 43.1 Å². The Kier molecular flexibility index (Phi) is 3.52. The summed E-state index contributed by atoms with van der Waals surface area (Å²) in [7, 11) is -2.82. The molecular formula is C16H20N6O2S2. The van der Waals surface area contributed by atoms with E-state index in [-0.39, 0.29) is 11.3 Å².